The van der Waals surface area contributed by atoms with Gasteiger partial charge in [-0.25, -0.2) is 0 Å². The van der Waals surface area contributed by atoms with Gasteiger partial charge in [-0.1, -0.05) is 0 Å². The van der Waals surface area contributed by atoms with E-state index in [4.69, 9.17) is 9.47 Å². The van der Waals surface area contributed by atoms with Gasteiger partial charge in [-0.05, 0) is 32.0 Å². The summed E-state index contributed by atoms with van der Waals surface area (Å²) in [4.78, 5) is 11.5. The summed E-state index contributed by atoms with van der Waals surface area (Å²) in [7, 11) is 3.24. The van der Waals surface area contributed by atoms with Crippen molar-refractivity contribution in [2.75, 3.05) is 20.8 Å². The Morgan fingerprint density at radius 2 is 2.00 bits per heavy atom. The van der Waals surface area contributed by atoms with Crippen LogP contribution < -0.4 is 20.1 Å². The molecule has 0 saturated heterocycles. The van der Waals surface area contributed by atoms with E-state index in [0.717, 1.165) is 17.1 Å². The SMILES string of the molecule is COc1ccc(OC)c(CNCC(=O)NC(C)C)c1. The second-order valence-corrected chi connectivity index (χ2v) is 4.50. The number of nitrogens with one attached hydrogen (secondary N) is 2. The van der Waals surface area contributed by atoms with E-state index in [1.165, 1.54) is 0 Å². The molecule has 0 saturated carbocycles. The molecule has 5 heteroatoms. The Kier molecular flexibility index (Phi) is 6.15. The van der Waals surface area contributed by atoms with E-state index in [0.29, 0.717) is 6.54 Å². The van der Waals surface area contributed by atoms with Crippen LogP contribution in [0.25, 0.3) is 0 Å². The van der Waals surface area contributed by atoms with Crippen molar-refractivity contribution in [3.8, 4) is 11.5 Å². The van der Waals surface area contributed by atoms with E-state index in [2.05, 4.69) is 10.6 Å². The lowest BCUT2D eigenvalue weighted by atomic mass is 10.2. The summed E-state index contributed by atoms with van der Waals surface area (Å²) in [6.45, 7) is 4.69. The normalized spacial score (nSPS) is 10.4. The van der Waals surface area contributed by atoms with Gasteiger partial charge in [0.25, 0.3) is 0 Å². The van der Waals surface area contributed by atoms with Crippen molar-refractivity contribution in [3.05, 3.63) is 23.8 Å². The molecular formula is C14H22N2O3. The predicted molar refractivity (Wildman–Crippen MR) is 74.5 cm³/mol. The highest BCUT2D eigenvalue weighted by atomic mass is 16.5. The highest BCUT2D eigenvalue weighted by Crippen LogP contribution is 2.23. The third kappa shape index (κ3) is 5.18. The molecule has 1 aromatic rings. The smallest absolute Gasteiger partial charge is 0.234 e. The van der Waals surface area contributed by atoms with Gasteiger partial charge in [0.05, 0.1) is 20.8 Å². The van der Waals surface area contributed by atoms with Crippen LogP contribution in [0.5, 0.6) is 11.5 Å². The van der Waals surface area contributed by atoms with Gasteiger partial charge in [-0.2, -0.15) is 0 Å². The first kappa shape index (κ1) is 15.3. The van der Waals surface area contributed by atoms with Crippen molar-refractivity contribution >= 4 is 5.91 Å². The van der Waals surface area contributed by atoms with E-state index in [1.807, 2.05) is 32.0 Å². The monoisotopic (exact) mass is 266 g/mol. The highest BCUT2D eigenvalue weighted by Gasteiger charge is 2.06. The molecule has 1 rings (SSSR count). The van der Waals surface area contributed by atoms with Crippen LogP contribution >= 0.6 is 0 Å². The molecule has 0 heterocycles. The predicted octanol–water partition coefficient (Wildman–Crippen LogP) is 1.32. The Hall–Kier alpha value is -1.75. The van der Waals surface area contributed by atoms with Gasteiger partial charge in [-0.3, -0.25) is 4.79 Å². The summed E-state index contributed by atoms with van der Waals surface area (Å²) in [6, 6.07) is 5.74. The number of methoxy groups -OCH3 is 2. The zero-order chi connectivity index (χ0) is 14.3. The van der Waals surface area contributed by atoms with Crippen molar-refractivity contribution in [1.29, 1.82) is 0 Å². The Balaban J connectivity index is 2.54. The van der Waals surface area contributed by atoms with Crippen molar-refractivity contribution in [3.63, 3.8) is 0 Å². The van der Waals surface area contributed by atoms with Crippen molar-refractivity contribution < 1.29 is 14.3 Å². The minimum absolute atomic E-state index is 0.0168. The van der Waals surface area contributed by atoms with E-state index >= 15 is 0 Å². The van der Waals surface area contributed by atoms with Gasteiger partial charge in [0.15, 0.2) is 0 Å². The second kappa shape index (κ2) is 7.63. The number of rotatable bonds is 7. The molecule has 5 nitrogen and oxygen atoms in total. The van der Waals surface area contributed by atoms with Crippen LogP contribution in [-0.2, 0) is 11.3 Å². The lowest BCUT2D eigenvalue weighted by molar-refractivity contribution is -0.120. The number of hydrogen-bond acceptors (Lipinski definition) is 4. The molecular weight excluding hydrogens is 244 g/mol. The fourth-order valence-electron chi connectivity index (χ4n) is 1.70. The third-order valence-electron chi connectivity index (χ3n) is 2.54. The van der Waals surface area contributed by atoms with Crippen LogP contribution in [-0.4, -0.2) is 32.7 Å². The number of ether oxygens (including phenoxy) is 2. The zero-order valence-corrected chi connectivity index (χ0v) is 11.9. The number of amides is 1. The second-order valence-electron chi connectivity index (χ2n) is 4.50. The molecule has 0 unspecified atom stereocenters. The van der Waals surface area contributed by atoms with Crippen LogP contribution in [0.15, 0.2) is 18.2 Å². The van der Waals surface area contributed by atoms with Crippen molar-refractivity contribution in [2.24, 2.45) is 0 Å². The summed E-state index contributed by atoms with van der Waals surface area (Å²) in [5, 5.41) is 5.91. The molecule has 0 spiro atoms. The van der Waals surface area contributed by atoms with Crippen LogP contribution in [0.4, 0.5) is 0 Å². The summed E-state index contributed by atoms with van der Waals surface area (Å²) in [6.07, 6.45) is 0. The summed E-state index contributed by atoms with van der Waals surface area (Å²) in [5.74, 6) is 1.53. The maximum absolute atomic E-state index is 11.5. The average Bonchev–Trinajstić information content (AvgIpc) is 2.37. The summed E-state index contributed by atoms with van der Waals surface area (Å²) < 4.78 is 10.4. The molecule has 2 N–H and O–H groups in total. The Bertz CT molecular complexity index is 419. The fourth-order valence-corrected chi connectivity index (χ4v) is 1.70. The van der Waals surface area contributed by atoms with Gasteiger partial charge in [-0.15, -0.1) is 0 Å². The molecule has 0 radical (unpaired) electrons. The maximum atomic E-state index is 11.5. The molecule has 0 atom stereocenters. The molecule has 0 fully saturated rings. The zero-order valence-electron chi connectivity index (χ0n) is 11.9. The third-order valence-corrected chi connectivity index (χ3v) is 2.54. The van der Waals surface area contributed by atoms with Crippen LogP contribution in [0, 0.1) is 0 Å². The summed E-state index contributed by atoms with van der Waals surface area (Å²) >= 11 is 0. The maximum Gasteiger partial charge on any atom is 0.234 e. The molecule has 0 aromatic heterocycles. The van der Waals surface area contributed by atoms with Gasteiger partial charge in [0.2, 0.25) is 5.91 Å². The van der Waals surface area contributed by atoms with E-state index < -0.39 is 0 Å². The quantitative estimate of drug-likeness (QED) is 0.781. The van der Waals surface area contributed by atoms with Crippen molar-refractivity contribution in [1.82, 2.24) is 10.6 Å². The van der Waals surface area contributed by atoms with Crippen LogP contribution in [0.3, 0.4) is 0 Å². The van der Waals surface area contributed by atoms with Gasteiger partial charge < -0.3 is 20.1 Å². The molecule has 106 valence electrons. The lowest BCUT2D eigenvalue weighted by Gasteiger charge is -2.12. The summed E-state index contributed by atoms with van der Waals surface area (Å²) in [5.41, 5.74) is 0.958. The minimum atomic E-state index is -0.0168. The van der Waals surface area contributed by atoms with Crippen LogP contribution in [0.2, 0.25) is 0 Å². The Morgan fingerprint density at radius 3 is 2.58 bits per heavy atom. The number of benzene rings is 1. The number of hydrogen-bond donors (Lipinski definition) is 2. The molecule has 0 aliphatic heterocycles. The van der Waals surface area contributed by atoms with E-state index in [1.54, 1.807) is 14.2 Å². The average molecular weight is 266 g/mol. The number of carbonyl (C=O) groups is 1. The Labute approximate surface area is 114 Å². The van der Waals surface area contributed by atoms with Gasteiger partial charge in [0, 0.05) is 18.2 Å². The topological polar surface area (TPSA) is 59.6 Å². The molecule has 0 aliphatic rings. The Morgan fingerprint density at radius 1 is 1.26 bits per heavy atom. The highest BCUT2D eigenvalue weighted by molar-refractivity contribution is 5.78. The first-order valence-electron chi connectivity index (χ1n) is 6.27. The molecule has 19 heavy (non-hydrogen) atoms. The first-order chi connectivity index (χ1) is 9.06. The molecule has 1 aromatic carbocycles. The van der Waals surface area contributed by atoms with E-state index in [9.17, 15) is 4.79 Å². The first-order valence-corrected chi connectivity index (χ1v) is 6.27. The molecule has 0 bridgehead atoms. The van der Waals surface area contributed by atoms with Gasteiger partial charge >= 0.3 is 0 Å². The molecule has 1 amide bonds. The van der Waals surface area contributed by atoms with Crippen molar-refractivity contribution in [2.45, 2.75) is 26.4 Å². The molecule has 0 aliphatic carbocycles. The van der Waals surface area contributed by atoms with Gasteiger partial charge in [0.1, 0.15) is 11.5 Å². The van der Waals surface area contributed by atoms with E-state index in [-0.39, 0.29) is 18.5 Å². The minimum Gasteiger partial charge on any atom is -0.497 e. The lowest BCUT2D eigenvalue weighted by Crippen LogP contribution is -2.37. The standard InChI is InChI=1S/C14H22N2O3/c1-10(2)16-14(17)9-15-8-11-7-12(18-3)5-6-13(11)19-4/h5-7,10,15H,8-9H2,1-4H3,(H,16,17). The van der Waals surface area contributed by atoms with Crippen LogP contribution in [0.1, 0.15) is 19.4 Å². The largest absolute Gasteiger partial charge is 0.497 e. The number of carbonyl (C=O) groups excluding carboxylic acids is 1. The fraction of sp³-hybridized carbons (Fsp3) is 0.500.